The monoisotopic (exact) mass is 318 g/mol. The minimum absolute atomic E-state index is 0.0220. The van der Waals surface area contributed by atoms with Crippen molar-refractivity contribution in [2.45, 2.75) is 6.42 Å². The van der Waals surface area contributed by atoms with Crippen LogP contribution in [0.5, 0.6) is 0 Å². The quantitative estimate of drug-likeness (QED) is 0.465. The summed E-state index contributed by atoms with van der Waals surface area (Å²) in [5, 5.41) is 4.56. The highest BCUT2D eigenvalue weighted by Crippen LogP contribution is 2.39. The van der Waals surface area contributed by atoms with Gasteiger partial charge in [0.05, 0.1) is 15.7 Å². The number of anilines is 1. The third kappa shape index (κ3) is 3.07. The van der Waals surface area contributed by atoms with Crippen molar-refractivity contribution in [1.82, 2.24) is 0 Å². The molecule has 0 bridgehead atoms. The zero-order valence-electron chi connectivity index (χ0n) is 9.68. The van der Waals surface area contributed by atoms with Gasteiger partial charge >= 0.3 is 0 Å². The number of carbonyl (C=O) groups is 1. The Morgan fingerprint density at radius 1 is 1.37 bits per heavy atom. The van der Waals surface area contributed by atoms with Crippen molar-refractivity contribution in [3.8, 4) is 0 Å². The van der Waals surface area contributed by atoms with Crippen LogP contribution in [0.4, 0.5) is 5.69 Å². The van der Waals surface area contributed by atoms with Crippen molar-refractivity contribution in [1.29, 1.82) is 0 Å². The summed E-state index contributed by atoms with van der Waals surface area (Å²) in [5.74, 6) is -0.115. The molecule has 0 aromatic heterocycles. The van der Waals surface area contributed by atoms with Crippen molar-refractivity contribution in [2.75, 3.05) is 18.0 Å². The Morgan fingerprint density at radius 2 is 2.00 bits per heavy atom. The first-order valence-electron chi connectivity index (χ1n) is 5.48. The molecule has 0 saturated carbocycles. The van der Waals surface area contributed by atoms with E-state index >= 15 is 0 Å². The molecule has 1 aliphatic rings. The molecule has 100 valence electrons. The van der Waals surface area contributed by atoms with Crippen LogP contribution in [0.15, 0.2) is 17.2 Å². The zero-order valence-corrected chi connectivity index (χ0v) is 12.0. The first-order chi connectivity index (χ1) is 9.02. The highest BCUT2D eigenvalue weighted by atomic mass is 35.5. The number of hydrogen-bond donors (Lipinski definition) is 0. The third-order valence-electron chi connectivity index (χ3n) is 2.86. The van der Waals surface area contributed by atoms with Gasteiger partial charge in [0, 0.05) is 29.4 Å². The normalized spacial score (nSPS) is 18.6. The molecule has 8 heteroatoms. The summed E-state index contributed by atoms with van der Waals surface area (Å²) in [7, 11) is 0. The van der Waals surface area contributed by atoms with E-state index in [-0.39, 0.29) is 18.4 Å². The van der Waals surface area contributed by atoms with Crippen LogP contribution in [-0.4, -0.2) is 19.0 Å². The number of benzene rings is 1. The van der Waals surface area contributed by atoms with E-state index in [0.717, 1.165) is 0 Å². The number of azide groups is 1. The van der Waals surface area contributed by atoms with Gasteiger partial charge in [0.1, 0.15) is 0 Å². The van der Waals surface area contributed by atoms with Gasteiger partial charge in [0.2, 0.25) is 5.91 Å². The molecule has 1 unspecified atom stereocenters. The van der Waals surface area contributed by atoms with Gasteiger partial charge in [-0.3, -0.25) is 4.79 Å². The van der Waals surface area contributed by atoms with Gasteiger partial charge in [-0.25, -0.2) is 0 Å². The van der Waals surface area contributed by atoms with E-state index in [2.05, 4.69) is 10.0 Å². The topological polar surface area (TPSA) is 69.1 Å². The standard InChI is InChI=1S/C11H9Cl3N4O/c12-7-2-8(13)11(9(14)3-7)18-5-6(1-10(18)19)4-16-17-15/h2-3,6H,1,4-5H2. The summed E-state index contributed by atoms with van der Waals surface area (Å²) in [6, 6.07) is 3.08. The highest BCUT2D eigenvalue weighted by Gasteiger charge is 2.32. The lowest BCUT2D eigenvalue weighted by Gasteiger charge is -2.19. The lowest BCUT2D eigenvalue weighted by Crippen LogP contribution is -2.25. The van der Waals surface area contributed by atoms with E-state index in [1.807, 2.05) is 0 Å². The molecule has 5 nitrogen and oxygen atoms in total. The number of halogens is 3. The molecule has 1 heterocycles. The average molecular weight is 320 g/mol. The van der Waals surface area contributed by atoms with E-state index < -0.39 is 0 Å². The van der Waals surface area contributed by atoms with Gasteiger partial charge in [-0.2, -0.15) is 0 Å². The summed E-state index contributed by atoms with van der Waals surface area (Å²) in [6.45, 7) is 0.709. The summed E-state index contributed by atoms with van der Waals surface area (Å²) >= 11 is 18.0. The van der Waals surface area contributed by atoms with Crippen LogP contribution in [0.2, 0.25) is 15.1 Å². The predicted molar refractivity (Wildman–Crippen MR) is 75.9 cm³/mol. The van der Waals surface area contributed by atoms with Crippen LogP contribution < -0.4 is 4.90 Å². The summed E-state index contributed by atoms with van der Waals surface area (Å²) in [5.41, 5.74) is 8.76. The maximum absolute atomic E-state index is 12.0. The Balaban J connectivity index is 2.28. The smallest absolute Gasteiger partial charge is 0.227 e. The van der Waals surface area contributed by atoms with Gasteiger partial charge in [-0.05, 0) is 23.6 Å². The molecule has 0 N–H and O–H groups in total. The van der Waals surface area contributed by atoms with Crippen LogP contribution in [0.1, 0.15) is 6.42 Å². The Kier molecular flexibility index (Phi) is 4.42. The second-order valence-corrected chi connectivity index (χ2v) is 5.46. The maximum Gasteiger partial charge on any atom is 0.227 e. The Morgan fingerprint density at radius 3 is 2.58 bits per heavy atom. The fourth-order valence-corrected chi connectivity index (χ4v) is 3.09. The Labute approximate surface area is 124 Å². The summed E-state index contributed by atoms with van der Waals surface area (Å²) in [6.07, 6.45) is 0.314. The van der Waals surface area contributed by atoms with Crippen LogP contribution in [0, 0.1) is 5.92 Å². The van der Waals surface area contributed by atoms with Crippen molar-refractivity contribution in [2.24, 2.45) is 11.0 Å². The summed E-state index contributed by atoms with van der Waals surface area (Å²) in [4.78, 5) is 16.2. The van der Waals surface area contributed by atoms with E-state index in [1.165, 1.54) is 4.90 Å². The second kappa shape index (κ2) is 5.88. The van der Waals surface area contributed by atoms with E-state index in [4.69, 9.17) is 40.3 Å². The molecule has 1 aliphatic heterocycles. The molecule has 0 spiro atoms. The average Bonchev–Trinajstić information content (AvgIpc) is 2.67. The fourth-order valence-electron chi connectivity index (χ4n) is 2.06. The predicted octanol–water partition coefficient (Wildman–Crippen LogP) is 4.31. The molecule has 1 atom stereocenters. The van der Waals surface area contributed by atoms with E-state index in [9.17, 15) is 4.79 Å². The lowest BCUT2D eigenvalue weighted by molar-refractivity contribution is -0.117. The van der Waals surface area contributed by atoms with Gasteiger partial charge < -0.3 is 4.90 Å². The number of rotatable bonds is 3. The lowest BCUT2D eigenvalue weighted by atomic mass is 10.1. The minimum Gasteiger partial charge on any atom is -0.309 e. The van der Waals surface area contributed by atoms with E-state index in [0.29, 0.717) is 33.7 Å². The van der Waals surface area contributed by atoms with Crippen LogP contribution in [0.3, 0.4) is 0 Å². The number of amides is 1. The number of hydrogen-bond acceptors (Lipinski definition) is 2. The Hall–Kier alpha value is -1.13. The molecule has 1 amide bonds. The van der Waals surface area contributed by atoms with Crippen LogP contribution in [0.25, 0.3) is 10.4 Å². The first-order valence-corrected chi connectivity index (χ1v) is 6.62. The number of carbonyl (C=O) groups excluding carboxylic acids is 1. The van der Waals surface area contributed by atoms with Crippen molar-refractivity contribution >= 4 is 46.4 Å². The molecular weight excluding hydrogens is 311 g/mol. The molecule has 1 aromatic carbocycles. The zero-order chi connectivity index (χ0) is 14.0. The van der Waals surface area contributed by atoms with E-state index in [1.54, 1.807) is 12.1 Å². The molecule has 1 saturated heterocycles. The van der Waals surface area contributed by atoms with Crippen LogP contribution >= 0.6 is 34.8 Å². The molecule has 1 aromatic rings. The van der Waals surface area contributed by atoms with Gasteiger partial charge in [0.15, 0.2) is 0 Å². The number of nitrogens with zero attached hydrogens (tertiary/aromatic N) is 4. The van der Waals surface area contributed by atoms with Gasteiger partial charge in [-0.1, -0.05) is 39.9 Å². The molecule has 2 rings (SSSR count). The molecule has 0 aliphatic carbocycles. The largest absolute Gasteiger partial charge is 0.309 e. The van der Waals surface area contributed by atoms with Gasteiger partial charge in [0.25, 0.3) is 0 Å². The molecular formula is C11H9Cl3N4O. The van der Waals surface area contributed by atoms with Gasteiger partial charge in [-0.15, -0.1) is 0 Å². The Bertz CT molecular complexity index is 548. The van der Waals surface area contributed by atoms with Crippen molar-refractivity contribution in [3.63, 3.8) is 0 Å². The third-order valence-corrected chi connectivity index (χ3v) is 3.65. The maximum atomic E-state index is 12.0. The highest BCUT2D eigenvalue weighted by molar-refractivity contribution is 6.42. The minimum atomic E-state index is -0.0933. The molecule has 0 radical (unpaired) electrons. The molecule has 1 fully saturated rings. The second-order valence-electron chi connectivity index (χ2n) is 4.21. The molecule has 19 heavy (non-hydrogen) atoms. The summed E-state index contributed by atoms with van der Waals surface area (Å²) < 4.78 is 0. The van der Waals surface area contributed by atoms with Crippen molar-refractivity contribution < 1.29 is 4.79 Å². The fraction of sp³-hybridized carbons (Fsp3) is 0.364. The van der Waals surface area contributed by atoms with Crippen molar-refractivity contribution in [3.05, 3.63) is 37.6 Å². The first kappa shape index (κ1) is 14.3. The SMILES string of the molecule is [N-]=[N+]=NCC1CC(=O)N(c2c(Cl)cc(Cl)cc2Cl)C1. The van der Waals surface area contributed by atoms with Crippen LogP contribution in [-0.2, 0) is 4.79 Å².